The van der Waals surface area contributed by atoms with Gasteiger partial charge in [-0.3, -0.25) is 0 Å². The molecule has 1 N–H and O–H groups in total. The minimum Gasteiger partial charge on any atom is -0.381 e. The topological polar surface area (TPSA) is 21.3 Å². The average molecular weight is 291 g/mol. The Kier molecular flexibility index (Phi) is 4.65. The maximum absolute atomic E-state index is 14.2. The van der Waals surface area contributed by atoms with E-state index in [-0.39, 0.29) is 11.5 Å². The van der Waals surface area contributed by atoms with Crippen LogP contribution in [0.4, 0.5) is 17.6 Å². The van der Waals surface area contributed by atoms with Crippen LogP contribution >= 0.6 is 0 Å². The van der Waals surface area contributed by atoms with Crippen LogP contribution in [-0.2, 0) is 10.9 Å². The van der Waals surface area contributed by atoms with E-state index in [4.69, 9.17) is 4.74 Å². The number of ether oxygens (including phenoxy) is 1. The maximum atomic E-state index is 14.2. The molecule has 6 heteroatoms. The van der Waals surface area contributed by atoms with Gasteiger partial charge in [0, 0.05) is 24.1 Å². The summed E-state index contributed by atoms with van der Waals surface area (Å²) in [6, 6.07) is 2.94. The molecule has 1 saturated heterocycles. The third-order valence-corrected chi connectivity index (χ3v) is 3.65. The van der Waals surface area contributed by atoms with Gasteiger partial charge in [-0.2, -0.15) is 13.2 Å². The van der Waals surface area contributed by atoms with Gasteiger partial charge in [0.25, 0.3) is 0 Å². The summed E-state index contributed by atoms with van der Waals surface area (Å²) < 4.78 is 57.8. The first kappa shape index (κ1) is 15.3. The van der Waals surface area contributed by atoms with Crippen LogP contribution in [0.15, 0.2) is 18.2 Å². The lowest BCUT2D eigenvalue weighted by molar-refractivity contribution is -0.140. The Balaban J connectivity index is 2.34. The summed E-state index contributed by atoms with van der Waals surface area (Å²) in [5, 5.41) is 2.92. The number of hydrogen-bond donors (Lipinski definition) is 1. The highest BCUT2D eigenvalue weighted by Gasteiger charge is 2.36. The highest BCUT2D eigenvalue weighted by atomic mass is 19.4. The van der Waals surface area contributed by atoms with Crippen LogP contribution in [-0.4, -0.2) is 20.3 Å². The van der Waals surface area contributed by atoms with Gasteiger partial charge in [0.05, 0.1) is 12.2 Å². The number of benzene rings is 1. The van der Waals surface area contributed by atoms with Crippen LogP contribution in [0.25, 0.3) is 0 Å². The largest absolute Gasteiger partial charge is 0.419 e. The summed E-state index contributed by atoms with van der Waals surface area (Å²) in [5.41, 5.74) is -1.16. The maximum Gasteiger partial charge on any atom is 0.419 e. The monoisotopic (exact) mass is 291 g/mol. The van der Waals surface area contributed by atoms with Crippen molar-refractivity contribution in [2.24, 2.45) is 5.92 Å². The Morgan fingerprint density at radius 3 is 2.65 bits per heavy atom. The van der Waals surface area contributed by atoms with Gasteiger partial charge in [-0.25, -0.2) is 4.39 Å². The summed E-state index contributed by atoms with van der Waals surface area (Å²) >= 11 is 0. The molecule has 0 bridgehead atoms. The quantitative estimate of drug-likeness (QED) is 0.860. The first-order valence-electron chi connectivity index (χ1n) is 6.55. The lowest BCUT2D eigenvalue weighted by Gasteiger charge is -2.31. The lowest BCUT2D eigenvalue weighted by Crippen LogP contribution is -2.32. The summed E-state index contributed by atoms with van der Waals surface area (Å²) in [7, 11) is 1.62. The lowest BCUT2D eigenvalue weighted by atomic mass is 9.87. The van der Waals surface area contributed by atoms with E-state index in [0.717, 1.165) is 18.9 Å². The van der Waals surface area contributed by atoms with E-state index in [1.165, 1.54) is 12.1 Å². The second-order valence-electron chi connectivity index (χ2n) is 4.95. The fourth-order valence-electron chi connectivity index (χ4n) is 2.68. The van der Waals surface area contributed by atoms with Crippen molar-refractivity contribution in [3.05, 3.63) is 35.1 Å². The first-order chi connectivity index (χ1) is 9.45. The van der Waals surface area contributed by atoms with Crippen LogP contribution in [0.3, 0.4) is 0 Å². The molecular formula is C14H17F4NO. The molecule has 2 nitrogen and oxygen atoms in total. The van der Waals surface area contributed by atoms with Gasteiger partial charge < -0.3 is 10.1 Å². The van der Waals surface area contributed by atoms with Crippen LogP contribution in [0, 0.1) is 11.7 Å². The summed E-state index contributed by atoms with van der Waals surface area (Å²) in [6.45, 7) is 1.08. The van der Waals surface area contributed by atoms with Crippen molar-refractivity contribution < 1.29 is 22.3 Å². The van der Waals surface area contributed by atoms with E-state index in [0.29, 0.717) is 13.2 Å². The van der Waals surface area contributed by atoms with Crippen molar-refractivity contribution in [3.63, 3.8) is 0 Å². The van der Waals surface area contributed by atoms with E-state index in [2.05, 4.69) is 5.32 Å². The van der Waals surface area contributed by atoms with E-state index in [1.54, 1.807) is 7.05 Å². The number of rotatable bonds is 3. The standard InChI is InChI=1S/C14H17F4NO/c1-19-13(9-4-3-7-20-8-9)10-5-2-6-11(12(10)15)14(16,17)18/h2,5-6,9,13,19H,3-4,7-8H2,1H3. The Hall–Kier alpha value is -1.14. The predicted octanol–water partition coefficient (Wildman–Crippen LogP) is 3.53. The molecule has 0 saturated carbocycles. The number of hydrogen-bond acceptors (Lipinski definition) is 2. The molecule has 1 heterocycles. The van der Waals surface area contributed by atoms with Gasteiger partial charge in [-0.1, -0.05) is 12.1 Å². The molecule has 0 amide bonds. The molecule has 1 aromatic rings. The van der Waals surface area contributed by atoms with E-state index < -0.39 is 23.6 Å². The van der Waals surface area contributed by atoms with Crippen molar-refractivity contribution >= 4 is 0 Å². The van der Waals surface area contributed by atoms with Gasteiger partial charge in [0.15, 0.2) is 0 Å². The Morgan fingerprint density at radius 1 is 1.35 bits per heavy atom. The highest BCUT2D eigenvalue weighted by Crippen LogP contribution is 2.36. The molecule has 112 valence electrons. The smallest absolute Gasteiger partial charge is 0.381 e. The molecule has 1 aliphatic heterocycles. The molecule has 1 aromatic carbocycles. The average Bonchev–Trinajstić information content (AvgIpc) is 2.41. The molecule has 1 fully saturated rings. The third kappa shape index (κ3) is 3.12. The number of nitrogens with one attached hydrogen (secondary N) is 1. The van der Waals surface area contributed by atoms with Crippen LogP contribution in [0.2, 0.25) is 0 Å². The highest BCUT2D eigenvalue weighted by molar-refractivity contribution is 5.31. The van der Waals surface area contributed by atoms with Gasteiger partial charge in [0.2, 0.25) is 0 Å². The number of halogens is 4. The fraction of sp³-hybridized carbons (Fsp3) is 0.571. The second-order valence-corrected chi connectivity index (χ2v) is 4.95. The van der Waals surface area contributed by atoms with Gasteiger partial charge in [0.1, 0.15) is 5.82 Å². The third-order valence-electron chi connectivity index (χ3n) is 3.65. The van der Waals surface area contributed by atoms with E-state index in [9.17, 15) is 17.6 Å². The molecule has 1 aliphatic rings. The van der Waals surface area contributed by atoms with Gasteiger partial charge in [-0.05, 0) is 26.0 Å². The summed E-state index contributed by atoms with van der Waals surface area (Å²) in [5.74, 6) is -1.21. The number of alkyl halides is 3. The van der Waals surface area contributed by atoms with Crippen LogP contribution < -0.4 is 5.32 Å². The minimum atomic E-state index is -4.68. The molecule has 20 heavy (non-hydrogen) atoms. The van der Waals surface area contributed by atoms with Crippen molar-refractivity contribution in [1.29, 1.82) is 0 Å². The Labute approximate surface area is 115 Å². The summed E-state index contributed by atoms with van der Waals surface area (Å²) in [4.78, 5) is 0. The van der Waals surface area contributed by atoms with E-state index in [1.807, 2.05) is 0 Å². The molecule has 0 aliphatic carbocycles. The minimum absolute atomic E-state index is 0.0215. The Bertz CT molecular complexity index is 455. The van der Waals surface area contributed by atoms with Crippen LogP contribution in [0.1, 0.15) is 30.0 Å². The zero-order valence-electron chi connectivity index (χ0n) is 11.1. The molecule has 2 rings (SSSR count). The molecule has 2 atom stereocenters. The van der Waals surface area contributed by atoms with Gasteiger partial charge >= 0.3 is 6.18 Å². The SMILES string of the molecule is CNC(c1cccc(C(F)(F)F)c1F)C1CCCOC1. The molecule has 0 spiro atoms. The van der Waals surface area contributed by atoms with Crippen LogP contribution in [0.5, 0.6) is 0 Å². The molecule has 2 unspecified atom stereocenters. The second kappa shape index (κ2) is 6.10. The predicted molar refractivity (Wildman–Crippen MR) is 66.7 cm³/mol. The van der Waals surface area contributed by atoms with Crippen molar-refractivity contribution in [2.45, 2.75) is 25.1 Å². The Morgan fingerprint density at radius 2 is 2.10 bits per heavy atom. The molecule has 0 aromatic heterocycles. The zero-order chi connectivity index (χ0) is 14.8. The van der Waals surface area contributed by atoms with Gasteiger partial charge in [-0.15, -0.1) is 0 Å². The molecule has 0 radical (unpaired) electrons. The first-order valence-corrected chi connectivity index (χ1v) is 6.55. The molecular weight excluding hydrogens is 274 g/mol. The van der Waals surface area contributed by atoms with Crippen molar-refractivity contribution in [1.82, 2.24) is 5.32 Å². The normalized spacial score (nSPS) is 21.8. The fourth-order valence-corrected chi connectivity index (χ4v) is 2.68. The van der Waals surface area contributed by atoms with E-state index >= 15 is 0 Å². The zero-order valence-corrected chi connectivity index (χ0v) is 11.1. The van der Waals surface area contributed by atoms with Crippen molar-refractivity contribution in [3.8, 4) is 0 Å². The summed E-state index contributed by atoms with van der Waals surface area (Å²) in [6.07, 6.45) is -3.04. The van der Waals surface area contributed by atoms with Crippen molar-refractivity contribution in [2.75, 3.05) is 20.3 Å².